The van der Waals surface area contributed by atoms with E-state index >= 15 is 0 Å². The van der Waals surface area contributed by atoms with Crippen LogP contribution in [0.3, 0.4) is 0 Å². The Bertz CT molecular complexity index is 1410. The zero-order chi connectivity index (χ0) is 26.4. The minimum atomic E-state index is -0.834. The van der Waals surface area contributed by atoms with E-state index in [9.17, 15) is 14.0 Å². The fourth-order valence-electron chi connectivity index (χ4n) is 4.07. The predicted molar refractivity (Wildman–Crippen MR) is 145 cm³/mol. The number of aromatic nitrogens is 2. The molecule has 0 bridgehead atoms. The molecule has 3 aromatic carbocycles. The number of hydrogen-bond acceptors (Lipinski definition) is 4. The third-order valence-electron chi connectivity index (χ3n) is 6.15. The zero-order valence-electron chi connectivity index (χ0n) is 20.4. The SMILES string of the molecule is CC(NC(=O)c1ccc2nc(-c3ccc(CF)cc3)c(CCCCC(=O)O)nc2c1)c1ccc(Br)cc1. The van der Waals surface area contributed by atoms with E-state index in [1.165, 1.54) is 0 Å². The van der Waals surface area contributed by atoms with Crippen LogP contribution in [0.15, 0.2) is 71.2 Å². The molecule has 1 aromatic heterocycles. The third-order valence-corrected chi connectivity index (χ3v) is 6.68. The summed E-state index contributed by atoms with van der Waals surface area (Å²) in [7, 11) is 0. The van der Waals surface area contributed by atoms with Gasteiger partial charge in [-0.05, 0) is 67.6 Å². The highest BCUT2D eigenvalue weighted by Gasteiger charge is 2.16. The highest BCUT2D eigenvalue weighted by Crippen LogP contribution is 2.26. The van der Waals surface area contributed by atoms with Gasteiger partial charge in [0.2, 0.25) is 0 Å². The van der Waals surface area contributed by atoms with E-state index in [2.05, 4.69) is 21.2 Å². The van der Waals surface area contributed by atoms with Crippen molar-refractivity contribution in [3.05, 3.63) is 93.6 Å². The molecular weight excluding hydrogens is 537 g/mol. The normalized spacial score (nSPS) is 11.9. The van der Waals surface area contributed by atoms with Crippen LogP contribution in [-0.4, -0.2) is 27.0 Å². The maximum atomic E-state index is 13.0. The van der Waals surface area contributed by atoms with Gasteiger partial charge in [0.1, 0.15) is 6.67 Å². The molecule has 0 saturated carbocycles. The lowest BCUT2D eigenvalue weighted by atomic mass is 10.0. The summed E-state index contributed by atoms with van der Waals surface area (Å²) in [4.78, 5) is 33.6. The van der Waals surface area contributed by atoms with Crippen molar-refractivity contribution < 1.29 is 19.1 Å². The summed E-state index contributed by atoms with van der Waals surface area (Å²) in [6.45, 7) is 1.38. The molecular formula is C29H27BrFN3O3. The number of aryl methyl sites for hydroxylation is 1. The number of carboxylic acids is 1. The lowest BCUT2D eigenvalue weighted by Gasteiger charge is -2.15. The third kappa shape index (κ3) is 6.77. The fourth-order valence-corrected chi connectivity index (χ4v) is 4.34. The average molecular weight is 564 g/mol. The number of nitrogens with one attached hydrogen (secondary N) is 1. The maximum Gasteiger partial charge on any atom is 0.303 e. The van der Waals surface area contributed by atoms with Crippen LogP contribution in [0.4, 0.5) is 4.39 Å². The number of carboxylic acid groups (broad SMARTS) is 1. The Labute approximate surface area is 223 Å². The number of hydrogen-bond donors (Lipinski definition) is 2. The van der Waals surface area contributed by atoms with Crippen molar-refractivity contribution in [1.29, 1.82) is 0 Å². The molecule has 8 heteroatoms. The van der Waals surface area contributed by atoms with E-state index in [1.54, 1.807) is 30.3 Å². The molecule has 1 heterocycles. The molecule has 4 rings (SSSR count). The first kappa shape index (κ1) is 26.4. The summed E-state index contributed by atoms with van der Waals surface area (Å²) >= 11 is 3.42. The number of alkyl halides is 1. The molecule has 4 aromatic rings. The molecule has 1 unspecified atom stereocenters. The van der Waals surface area contributed by atoms with Crippen molar-refractivity contribution in [2.24, 2.45) is 0 Å². The van der Waals surface area contributed by atoms with Gasteiger partial charge in [0.05, 0.1) is 28.5 Å². The van der Waals surface area contributed by atoms with Crippen LogP contribution < -0.4 is 5.32 Å². The molecule has 6 nitrogen and oxygen atoms in total. The quantitative estimate of drug-likeness (QED) is 0.206. The summed E-state index contributed by atoms with van der Waals surface area (Å²) < 4.78 is 14.0. The van der Waals surface area contributed by atoms with Crippen LogP contribution in [0.25, 0.3) is 22.3 Å². The molecule has 0 aliphatic rings. The minimum Gasteiger partial charge on any atom is -0.481 e. The summed E-state index contributed by atoms with van der Waals surface area (Å²) in [5.41, 5.74) is 5.46. The number of rotatable bonds is 10. The van der Waals surface area contributed by atoms with Crippen LogP contribution in [0.2, 0.25) is 0 Å². The summed E-state index contributed by atoms with van der Waals surface area (Å²) in [5.74, 6) is -1.05. The van der Waals surface area contributed by atoms with Crippen LogP contribution in [0, 0.1) is 0 Å². The Hall–Kier alpha value is -3.65. The standard InChI is InChI=1S/C29H27BrFN3O3/c1-18(20-10-13-23(30)14-11-20)32-29(37)22-12-15-24-26(16-22)33-25(4-2-3-5-27(35)36)28(34-24)21-8-6-19(17-31)7-9-21/h6-16,18H,2-5,17H2,1H3,(H,32,37)(H,35,36). The topological polar surface area (TPSA) is 92.2 Å². The Kier molecular flexibility index (Phi) is 8.61. The van der Waals surface area contributed by atoms with Gasteiger partial charge in [-0.1, -0.05) is 52.3 Å². The Balaban J connectivity index is 1.62. The number of halogens is 2. The molecule has 0 spiro atoms. The van der Waals surface area contributed by atoms with Crippen molar-refractivity contribution in [2.45, 2.75) is 45.3 Å². The lowest BCUT2D eigenvalue weighted by Crippen LogP contribution is -2.26. The van der Waals surface area contributed by atoms with Gasteiger partial charge in [-0.2, -0.15) is 0 Å². The Morgan fingerprint density at radius 1 is 0.973 bits per heavy atom. The summed E-state index contributed by atoms with van der Waals surface area (Å²) in [5, 5.41) is 12.0. The monoisotopic (exact) mass is 563 g/mol. The molecule has 1 atom stereocenters. The van der Waals surface area contributed by atoms with Gasteiger partial charge < -0.3 is 10.4 Å². The van der Waals surface area contributed by atoms with Crippen LogP contribution in [-0.2, 0) is 17.9 Å². The van der Waals surface area contributed by atoms with Crippen LogP contribution in [0.5, 0.6) is 0 Å². The maximum absolute atomic E-state index is 13.0. The summed E-state index contributed by atoms with van der Waals surface area (Å²) in [6.07, 6.45) is 1.77. The molecule has 2 N–H and O–H groups in total. The number of benzene rings is 3. The van der Waals surface area contributed by atoms with Gasteiger partial charge in [0.25, 0.3) is 5.91 Å². The zero-order valence-corrected chi connectivity index (χ0v) is 22.0. The number of nitrogens with zero attached hydrogens (tertiary/aromatic N) is 2. The molecule has 0 radical (unpaired) electrons. The molecule has 0 fully saturated rings. The Morgan fingerprint density at radius 2 is 1.70 bits per heavy atom. The van der Waals surface area contributed by atoms with Gasteiger partial charge in [-0.15, -0.1) is 0 Å². The molecule has 37 heavy (non-hydrogen) atoms. The number of carbonyl (C=O) groups excluding carboxylic acids is 1. The molecule has 0 aliphatic carbocycles. The van der Waals surface area contributed by atoms with Crippen molar-refractivity contribution in [3.63, 3.8) is 0 Å². The van der Waals surface area contributed by atoms with Crippen molar-refractivity contribution >= 4 is 38.8 Å². The summed E-state index contributed by atoms with van der Waals surface area (Å²) in [6, 6.07) is 19.9. The highest BCUT2D eigenvalue weighted by atomic mass is 79.9. The van der Waals surface area contributed by atoms with Crippen molar-refractivity contribution in [1.82, 2.24) is 15.3 Å². The first-order chi connectivity index (χ1) is 17.8. The van der Waals surface area contributed by atoms with Crippen LogP contribution >= 0.6 is 15.9 Å². The average Bonchev–Trinajstić information content (AvgIpc) is 2.90. The van der Waals surface area contributed by atoms with Gasteiger partial charge in [-0.25, -0.2) is 14.4 Å². The fraction of sp³-hybridized carbons (Fsp3) is 0.241. The Morgan fingerprint density at radius 3 is 2.38 bits per heavy atom. The number of fused-ring (bicyclic) bond motifs is 1. The smallest absolute Gasteiger partial charge is 0.303 e. The van der Waals surface area contributed by atoms with Crippen molar-refractivity contribution in [3.8, 4) is 11.3 Å². The number of unbranched alkanes of at least 4 members (excludes halogenated alkanes) is 1. The van der Waals surface area contributed by atoms with Gasteiger partial charge in [0.15, 0.2) is 0 Å². The van der Waals surface area contributed by atoms with Crippen LogP contribution in [0.1, 0.15) is 59.4 Å². The molecule has 1 amide bonds. The van der Waals surface area contributed by atoms with E-state index < -0.39 is 12.6 Å². The largest absolute Gasteiger partial charge is 0.481 e. The number of aliphatic carboxylic acids is 1. The number of carbonyl (C=O) groups is 2. The van der Waals surface area contributed by atoms with E-state index in [-0.39, 0.29) is 18.4 Å². The second-order valence-electron chi connectivity index (χ2n) is 8.90. The molecule has 0 aliphatic heterocycles. The van der Waals surface area contributed by atoms with E-state index in [4.69, 9.17) is 15.1 Å². The second-order valence-corrected chi connectivity index (χ2v) is 9.82. The van der Waals surface area contributed by atoms with Gasteiger partial charge in [-0.3, -0.25) is 9.59 Å². The van der Waals surface area contributed by atoms with Gasteiger partial charge >= 0.3 is 5.97 Å². The van der Waals surface area contributed by atoms with E-state index in [0.717, 1.165) is 15.6 Å². The lowest BCUT2D eigenvalue weighted by molar-refractivity contribution is -0.137. The van der Waals surface area contributed by atoms with Gasteiger partial charge in [0, 0.05) is 22.0 Å². The molecule has 0 saturated heterocycles. The van der Waals surface area contributed by atoms with E-state index in [0.29, 0.717) is 52.8 Å². The molecule has 190 valence electrons. The second kappa shape index (κ2) is 12.1. The highest BCUT2D eigenvalue weighted by molar-refractivity contribution is 9.10. The first-order valence-electron chi connectivity index (χ1n) is 12.1. The first-order valence-corrected chi connectivity index (χ1v) is 12.9. The van der Waals surface area contributed by atoms with Crippen molar-refractivity contribution in [2.75, 3.05) is 0 Å². The minimum absolute atomic E-state index is 0.0857. The predicted octanol–water partition coefficient (Wildman–Crippen LogP) is 6.82. The van der Waals surface area contributed by atoms with E-state index in [1.807, 2.05) is 43.3 Å². The number of amides is 1.